The first-order valence-electron chi connectivity index (χ1n) is 3.43. The van der Waals surface area contributed by atoms with E-state index in [1.165, 1.54) is 28.8 Å². The van der Waals surface area contributed by atoms with Gasteiger partial charge in [0.05, 0.1) is 0 Å². The van der Waals surface area contributed by atoms with Crippen molar-refractivity contribution in [1.82, 2.24) is 0 Å². The van der Waals surface area contributed by atoms with Gasteiger partial charge in [0.2, 0.25) is 0 Å². The fourth-order valence-electron chi connectivity index (χ4n) is 0.975. The summed E-state index contributed by atoms with van der Waals surface area (Å²) in [6, 6.07) is 1.88. The average molecular weight is 215 g/mol. The second-order valence-electron chi connectivity index (χ2n) is 2.64. The van der Waals surface area contributed by atoms with E-state index in [2.05, 4.69) is 0 Å². The number of nitrogens with zero attached hydrogens (tertiary/aromatic N) is 1. The third kappa shape index (κ3) is 2.08. The maximum Gasteiger partial charge on any atom is 0.142 e. The van der Waals surface area contributed by atoms with Crippen LogP contribution in [0.25, 0.3) is 0 Å². The van der Waals surface area contributed by atoms with Crippen LogP contribution in [0.1, 0.15) is 0 Å². The van der Waals surface area contributed by atoms with Crippen molar-refractivity contribution in [2.75, 3.05) is 12.5 Å². The minimum atomic E-state index is -2.25. The highest BCUT2D eigenvalue weighted by molar-refractivity contribution is 8.08. The Hall–Kier alpha value is -0.860. The summed E-state index contributed by atoms with van der Waals surface area (Å²) in [5, 5.41) is 20.8. The molecule has 1 aliphatic rings. The van der Waals surface area contributed by atoms with Gasteiger partial charge in [-0.25, -0.2) is 0 Å². The van der Waals surface area contributed by atoms with Crippen molar-refractivity contribution in [2.24, 2.45) is 0 Å². The number of hydrogen-bond donors (Lipinski definition) is 1. The first-order valence-corrected chi connectivity index (χ1v) is 6.75. The number of allylic oxidation sites excluding steroid dienone is 2. The van der Waals surface area contributed by atoms with Crippen LogP contribution < -0.4 is 0 Å². The minimum absolute atomic E-state index is 0.179. The SMILES string of the molecule is CSC1=C(C#N)C(O)=CS(C)(=O)=C1. The molecule has 13 heavy (non-hydrogen) atoms. The van der Waals surface area contributed by atoms with Crippen LogP contribution in [0.15, 0.2) is 21.6 Å². The molecule has 3 nitrogen and oxygen atoms in total. The highest BCUT2D eigenvalue weighted by atomic mass is 32.2. The Kier molecular flexibility index (Phi) is 2.74. The summed E-state index contributed by atoms with van der Waals surface area (Å²) in [4.78, 5) is 0.579. The van der Waals surface area contributed by atoms with Crippen molar-refractivity contribution < 1.29 is 9.32 Å². The van der Waals surface area contributed by atoms with E-state index in [0.29, 0.717) is 4.91 Å². The van der Waals surface area contributed by atoms with Crippen molar-refractivity contribution >= 4 is 26.7 Å². The summed E-state index contributed by atoms with van der Waals surface area (Å²) in [6.07, 6.45) is 3.30. The Morgan fingerprint density at radius 3 is 2.77 bits per heavy atom. The molecule has 1 aliphatic heterocycles. The minimum Gasteiger partial charge on any atom is -0.506 e. The Bertz CT molecular complexity index is 445. The van der Waals surface area contributed by atoms with E-state index in [9.17, 15) is 9.32 Å². The van der Waals surface area contributed by atoms with E-state index in [1.807, 2.05) is 6.07 Å². The predicted molar refractivity (Wildman–Crippen MR) is 57.0 cm³/mol. The molecule has 0 saturated heterocycles. The zero-order valence-corrected chi connectivity index (χ0v) is 8.91. The number of aliphatic hydroxyl groups is 1. The zero-order chi connectivity index (χ0) is 10.1. The van der Waals surface area contributed by atoms with Crippen molar-refractivity contribution in [3.05, 3.63) is 21.6 Å². The van der Waals surface area contributed by atoms with Crippen molar-refractivity contribution in [1.29, 1.82) is 5.26 Å². The lowest BCUT2D eigenvalue weighted by Crippen LogP contribution is -2.07. The van der Waals surface area contributed by atoms with Gasteiger partial charge in [-0.3, -0.25) is 4.21 Å². The zero-order valence-electron chi connectivity index (χ0n) is 7.27. The van der Waals surface area contributed by atoms with Crippen LogP contribution in [0.2, 0.25) is 0 Å². The smallest absolute Gasteiger partial charge is 0.142 e. The molecule has 0 aromatic rings. The highest BCUT2D eigenvalue weighted by Crippen LogP contribution is 2.24. The summed E-state index contributed by atoms with van der Waals surface area (Å²) in [5.41, 5.74) is 0.202. The van der Waals surface area contributed by atoms with Gasteiger partial charge < -0.3 is 5.11 Å². The molecule has 0 bridgehead atoms. The van der Waals surface area contributed by atoms with Crippen molar-refractivity contribution in [2.45, 2.75) is 0 Å². The molecule has 1 N–H and O–H groups in total. The number of rotatable bonds is 1. The fourth-order valence-corrected chi connectivity index (χ4v) is 3.46. The topological polar surface area (TPSA) is 61.1 Å². The van der Waals surface area contributed by atoms with Crippen LogP contribution in [0, 0.1) is 11.3 Å². The fraction of sp³-hybridized carbons (Fsp3) is 0.250. The maximum atomic E-state index is 11.6. The van der Waals surface area contributed by atoms with E-state index in [4.69, 9.17) is 5.26 Å². The lowest BCUT2D eigenvalue weighted by atomic mass is 10.2. The lowest BCUT2D eigenvalue weighted by Gasteiger charge is -2.10. The Morgan fingerprint density at radius 1 is 1.69 bits per heavy atom. The number of aliphatic hydroxyl groups excluding tert-OH is 1. The first kappa shape index (κ1) is 10.2. The second kappa shape index (κ2) is 3.48. The quantitative estimate of drug-likeness (QED) is 0.669. The lowest BCUT2D eigenvalue weighted by molar-refractivity contribution is 0.428. The van der Waals surface area contributed by atoms with Crippen molar-refractivity contribution in [3.8, 4) is 6.07 Å². The molecule has 5 heteroatoms. The van der Waals surface area contributed by atoms with Crippen LogP contribution >= 0.6 is 11.8 Å². The summed E-state index contributed by atoms with van der Waals surface area (Å²) in [5.74, 6) is -0.179. The molecule has 1 heterocycles. The van der Waals surface area contributed by atoms with Gasteiger partial charge >= 0.3 is 0 Å². The van der Waals surface area contributed by atoms with Gasteiger partial charge in [0.15, 0.2) is 0 Å². The van der Waals surface area contributed by atoms with Gasteiger partial charge in [-0.05, 0) is 15.8 Å². The van der Waals surface area contributed by atoms with Crippen molar-refractivity contribution in [3.63, 3.8) is 0 Å². The standard InChI is InChI=1S/C8H9NO2S2/c1-12-8-5-13(2,11)4-7(10)6(8)3-9/h4-5,10H,1-2H3. The summed E-state index contributed by atoms with van der Waals surface area (Å²) < 4.78 is 11.6. The molecule has 1 unspecified atom stereocenters. The third-order valence-corrected chi connectivity index (χ3v) is 3.83. The maximum absolute atomic E-state index is 11.6. The monoisotopic (exact) mass is 215 g/mol. The molecule has 0 aromatic heterocycles. The van der Waals surface area contributed by atoms with E-state index in [0.717, 1.165) is 0 Å². The van der Waals surface area contributed by atoms with Crippen LogP contribution in [0.3, 0.4) is 0 Å². The van der Waals surface area contributed by atoms with Gasteiger partial charge in [-0.2, -0.15) is 5.26 Å². The normalized spacial score (nSPS) is 27.6. The average Bonchev–Trinajstić information content (AvgIpc) is 2.01. The van der Waals surface area contributed by atoms with E-state index in [-0.39, 0.29) is 11.3 Å². The predicted octanol–water partition coefficient (Wildman–Crippen LogP) is 1.26. The van der Waals surface area contributed by atoms with E-state index < -0.39 is 9.52 Å². The van der Waals surface area contributed by atoms with Gasteiger partial charge in [0.1, 0.15) is 17.4 Å². The molecule has 0 aromatic carbocycles. The summed E-state index contributed by atoms with van der Waals surface area (Å²) >= 11 is 1.31. The number of nitriles is 1. The Morgan fingerprint density at radius 2 is 2.31 bits per heavy atom. The number of thioether (sulfide) groups is 1. The van der Waals surface area contributed by atoms with E-state index >= 15 is 0 Å². The summed E-state index contributed by atoms with van der Waals surface area (Å²) in [6.45, 7) is 0. The first-order chi connectivity index (χ1) is 6.00. The largest absolute Gasteiger partial charge is 0.506 e. The molecule has 0 spiro atoms. The van der Waals surface area contributed by atoms with E-state index in [1.54, 1.807) is 6.26 Å². The summed E-state index contributed by atoms with van der Waals surface area (Å²) in [7, 11) is -2.25. The Labute approximate surface area is 81.8 Å². The van der Waals surface area contributed by atoms with Crippen LogP contribution in [0.5, 0.6) is 0 Å². The molecule has 0 fully saturated rings. The molecule has 0 radical (unpaired) electrons. The molecular weight excluding hydrogens is 206 g/mol. The molecule has 0 aliphatic carbocycles. The molecule has 70 valence electrons. The van der Waals surface area contributed by atoms with Gasteiger partial charge in [-0.1, -0.05) is 0 Å². The second-order valence-corrected chi connectivity index (χ2v) is 5.90. The van der Waals surface area contributed by atoms with Crippen LogP contribution in [-0.2, 0) is 9.52 Å². The van der Waals surface area contributed by atoms with Gasteiger partial charge in [0, 0.05) is 21.9 Å². The molecule has 1 atom stereocenters. The molecule has 0 saturated carbocycles. The number of hydrogen-bond acceptors (Lipinski definition) is 4. The third-order valence-electron chi connectivity index (χ3n) is 1.52. The van der Waals surface area contributed by atoms with Crippen LogP contribution in [-0.4, -0.2) is 27.2 Å². The van der Waals surface area contributed by atoms with Gasteiger partial charge in [0.25, 0.3) is 0 Å². The molecular formula is C8H9NO2S2. The molecule has 0 amide bonds. The van der Waals surface area contributed by atoms with Gasteiger partial charge in [-0.15, -0.1) is 11.8 Å². The highest BCUT2D eigenvalue weighted by Gasteiger charge is 2.16. The Balaban J connectivity index is 3.45. The molecule has 1 rings (SSSR count). The van der Waals surface area contributed by atoms with Crippen LogP contribution in [0.4, 0.5) is 0 Å².